The van der Waals surface area contributed by atoms with Crippen LogP contribution in [0.4, 0.5) is 13.2 Å². The maximum absolute atomic E-state index is 12.9. The van der Waals surface area contributed by atoms with E-state index in [1.54, 1.807) is 18.2 Å². The minimum absolute atomic E-state index is 0.541. The van der Waals surface area contributed by atoms with Crippen molar-refractivity contribution in [2.75, 3.05) is 0 Å². The molecule has 0 aliphatic heterocycles. The largest absolute Gasteiger partial charge is 0.416 e. The second-order valence-corrected chi connectivity index (χ2v) is 7.03. The number of allylic oxidation sites excluding steroid dienone is 8. The molecule has 0 bridgehead atoms. The first-order chi connectivity index (χ1) is 14.7. The molecule has 0 N–H and O–H groups in total. The van der Waals surface area contributed by atoms with E-state index in [1.807, 2.05) is 64.1 Å². The predicted octanol–water partition coefficient (Wildman–Crippen LogP) is 8.99. The van der Waals surface area contributed by atoms with Crippen LogP contribution in [-0.4, -0.2) is 0 Å². The van der Waals surface area contributed by atoms with Crippen molar-refractivity contribution >= 4 is 6.08 Å². The molecule has 2 aromatic carbocycles. The van der Waals surface area contributed by atoms with Gasteiger partial charge in [-0.3, -0.25) is 0 Å². The van der Waals surface area contributed by atoms with Gasteiger partial charge in [-0.1, -0.05) is 78.9 Å². The third-order valence-corrected chi connectivity index (χ3v) is 4.41. The van der Waals surface area contributed by atoms with Crippen LogP contribution in [-0.2, 0) is 12.6 Å². The van der Waals surface area contributed by atoms with Gasteiger partial charge in [-0.25, -0.2) is 0 Å². The Kier molecular flexibility index (Phi) is 11.1. The molecule has 0 amide bonds. The zero-order chi connectivity index (χ0) is 23.3. The highest BCUT2D eigenvalue weighted by molar-refractivity contribution is 5.62. The highest BCUT2D eigenvalue weighted by Gasteiger charge is 2.30. The highest BCUT2D eigenvalue weighted by atomic mass is 19.4. The number of halogens is 3. The average molecular weight is 425 g/mol. The van der Waals surface area contributed by atoms with Crippen LogP contribution in [0.15, 0.2) is 108 Å². The Hall–Kier alpha value is -3.07. The Balaban J connectivity index is 0.00000151. The first kappa shape index (κ1) is 26.0. The van der Waals surface area contributed by atoms with Crippen LogP contribution in [0.1, 0.15) is 44.4 Å². The molecule has 0 saturated heterocycles. The number of hydrogen-bond acceptors (Lipinski definition) is 0. The summed E-state index contributed by atoms with van der Waals surface area (Å²) in [5, 5.41) is 0. The van der Waals surface area contributed by atoms with Gasteiger partial charge in [0, 0.05) is 0 Å². The zero-order valence-electron chi connectivity index (χ0n) is 18.7. The van der Waals surface area contributed by atoms with E-state index in [0.717, 1.165) is 29.2 Å². The van der Waals surface area contributed by atoms with Crippen LogP contribution in [0.25, 0.3) is 6.08 Å². The van der Waals surface area contributed by atoms with E-state index in [9.17, 15) is 13.2 Å². The minimum Gasteiger partial charge on any atom is -0.166 e. The van der Waals surface area contributed by atoms with Crippen molar-refractivity contribution < 1.29 is 13.2 Å². The molecule has 0 saturated carbocycles. The Morgan fingerprint density at radius 3 is 2.16 bits per heavy atom. The normalized spacial score (nSPS) is 13.1. The molecule has 0 aliphatic carbocycles. The summed E-state index contributed by atoms with van der Waals surface area (Å²) in [6.45, 7) is 11.1. The first-order valence-corrected chi connectivity index (χ1v) is 10.2. The summed E-state index contributed by atoms with van der Waals surface area (Å²) in [6, 6.07) is 15.6. The monoisotopic (exact) mass is 424 g/mol. The minimum atomic E-state index is -4.33. The van der Waals surface area contributed by atoms with Crippen molar-refractivity contribution in [1.82, 2.24) is 0 Å². The summed E-state index contributed by atoms with van der Waals surface area (Å²) in [5.74, 6) is 0. The standard InChI is InChI=1S/C25H25F3.C3H6/c1-4-24(19(2)11-8-9-14-21-12-6-5-7-13-21)20(3)17-22-15-10-16-23(18-22)25(26,27)28;1-3-2/h4-13,15-18H,14H2,1-3H3;3H,1H2,2H3/b9-8-,19-11+,20-17-,24-4-;. The third kappa shape index (κ3) is 9.52. The summed E-state index contributed by atoms with van der Waals surface area (Å²) >= 11 is 0. The predicted molar refractivity (Wildman–Crippen MR) is 128 cm³/mol. The molecule has 164 valence electrons. The molecule has 0 radical (unpaired) electrons. The molecule has 0 aliphatic rings. The van der Waals surface area contributed by atoms with Gasteiger partial charge in [-0.15, -0.1) is 6.58 Å². The fraction of sp³-hybridized carbons (Fsp3) is 0.214. The topological polar surface area (TPSA) is 0 Å². The second-order valence-electron chi connectivity index (χ2n) is 7.03. The van der Waals surface area contributed by atoms with Crippen LogP contribution < -0.4 is 0 Å². The Bertz CT molecular complexity index is 940. The fourth-order valence-electron chi connectivity index (χ4n) is 3.02. The van der Waals surface area contributed by atoms with Gasteiger partial charge in [0.1, 0.15) is 0 Å². The smallest absolute Gasteiger partial charge is 0.166 e. The van der Waals surface area contributed by atoms with Gasteiger partial charge >= 0.3 is 6.18 Å². The number of rotatable bonds is 6. The Morgan fingerprint density at radius 1 is 0.935 bits per heavy atom. The molecule has 31 heavy (non-hydrogen) atoms. The van der Waals surface area contributed by atoms with Gasteiger partial charge < -0.3 is 0 Å². The SMILES string of the molecule is C/C=C(C(\C)=C/c1cccc(C(F)(F)F)c1)/C(C)=C/C=C\Cc1ccccc1.C=CC. The summed E-state index contributed by atoms with van der Waals surface area (Å²) in [5.41, 5.74) is 4.16. The number of hydrogen-bond donors (Lipinski definition) is 0. The van der Waals surface area contributed by atoms with Crippen LogP contribution in [0, 0.1) is 0 Å². The lowest BCUT2D eigenvalue weighted by Crippen LogP contribution is -2.04. The lowest BCUT2D eigenvalue weighted by Gasteiger charge is -2.10. The van der Waals surface area contributed by atoms with E-state index in [-0.39, 0.29) is 0 Å². The van der Waals surface area contributed by atoms with Gasteiger partial charge in [0.2, 0.25) is 0 Å². The molecule has 0 nitrogen and oxygen atoms in total. The summed E-state index contributed by atoms with van der Waals surface area (Å²) in [4.78, 5) is 0. The quantitative estimate of drug-likeness (QED) is 0.320. The highest BCUT2D eigenvalue weighted by Crippen LogP contribution is 2.30. The molecule has 3 heteroatoms. The van der Waals surface area contributed by atoms with E-state index in [1.165, 1.54) is 17.7 Å². The van der Waals surface area contributed by atoms with Crippen molar-refractivity contribution in [3.8, 4) is 0 Å². The first-order valence-electron chi connectivity index (χ1n) is 10.2. The van der Waals surface area contributed by atoms with Gasteiger partial charge in [-0.05, 0) is 74.1 Å². The molecule has 0 heterocycles. The van der Waals surface area contributed by atoms with Crippen molar-refractivity contribution in [1.29, 1.82) is 0 Å². The van der Waals surface area contributed by atoms with E-state index in [4.69, 9.17) is 0 Å². The fourth-order valence-corrected chi connectivity index (χ4v) is 3.02. The molecule has 2 rings (SSSR count). The van der Waals surface area contributed by atoms with Crippen LogP contribution in [0.2, 0.25) is 0 Å². The van der Waals surface area contributed by atoms with Gasteiger partial charge in [0.15, 0.2) is 0 Å². The summed E-state index contributed by atoms with van der Waals surface area (Å²) in [7, 11) is 0. The average Bonchev–Trinajstić information content (AvgIpc) is 2.73. The zero-order valence-corrected chi connectivity index (χ0v) is 18.7. The van der Waals surface area contributed by atoms with E-state index in [0.29, 0.717) is 5.56 Å². The molecule has 0 aromatic heterocycles. The molecular weight excluding hydrogens is 393 g/mol. The third-order valence-electron chi connectivity index (χ3n) is 4.41. The maximum atomic E-state index is 12.9. The van der Waals surface area contributed by atoms with Crippen LogP contribution >= 0.6 is 0 Å². The molecule has 0 spiro atoms. The Morgan fingerprint density at radius 2 is 1.58 bits per heavy atom. The summed E-state index contributed by atoms with van der Waals surface area (Å²) in [6.07, 6.45) is 8.18. The van der Waals surface area contributed by atoms with E-state index < -0.39 is 11.7 Å². The maximum Gasteiger partial charge on any atom is 0.416 e. The molecule has 0 atom stereocenters. The number of benzene rings is 2. The van der Waals surface area contributed by atoms with E-state index in [2.05, 4.69) is 24.8 Å². The van der Waals surface area contributed by atoms with Crippen LogP contribution in [0.3, 0.4) is 0 Å². The van der Waals surface area contributed by atoms with Gasteiger partial charge in [-0.2, -0.15) is 13.2 Å². The molecule has 0 unspecified atom stereocenters. The van der Waals surface area contributed by atoms with Gasteiger partial charge in [0.05, 0.1) is 5.56 Å². The lowest BCUT2D eigenvalue weighted by atomic mass is 9.97. The van der Waals surface area contributed by atoms with Crippen molar-refractivity contribution in [3.63, 3.8) is 0 Å². The Labute approximate surface area is 184 Å². The number of alkyl halides is 3. The van der Waals surface area contributed by atoms with Crippen molar-refractivity contribution in [3.05, 3.63) is 125 Å². The van der Waals surface area contributed by atoms with Gasteiger partial charge in [0.25, 0.3) is 0 Å². The van der Waals surface area contributed by atoms with Crippen molar-refractivity contribution in [2.45, 2.75) is 40.3 Å². The molecular formula is C28H31F3. The molecule has 0 fully saturated rings. The van der Waals surface area contributed by atoms with Crippen LogP contribution in [0.5, 0.6) is 0 Å². The molecule has 2 aromatic rings. The second kappa shape index (κ2) is 13.3. The van der Waals surface area contributed by atoms with Crippen molar-refractivity contribution in [2.24, 2.45) is 0 Å². The summed E-state index contributed by atoms with van der Waals surface area (Å²) < 4.78 is 38.7. The lowest BCUT2D eigenvalue weighted by molar-refractivity contribution is -0.137. The van der Waals surface area contributed by atoms with E-state index >= 15 is 0 Å².